The molecule has 0 aliphatic rings. The number of halogens is 5. The van der Waals surface area contributed by atoms with E-state index in [0.29, 0.717) is 0 Å². The van der Waals surface area contributed by atoms with Crippen molar-refractivity contribution >= 4 is 12.4 Å². The first-order valence-electron chi connectivity index (χ1n) is 3.12. The van der Waals surface area contributed by atoms with Crippen LogP contribution in [0.3, 0.4) is 0 Å². The van der Waals surface area contributed by atoms with Gasteiger partial charge in [0.25, 0.3) is 0 Å². The summed E-state index contributed by atoms with van der Waals surface area (Å²) < 4.78 is 41.1. The maximum absolute atomic E-state index is 10.3. The molecule has 0 saturated carbocycles. The van der Waals surface area contributed by atoms with Gasteiger partial charge in [0.1, 0.15) is 0 Å². The Hall–Kier alpha value is -0.290. The Morgan fingerprint density at radius 3 is 1.42 bits per heavy atom. The molecular weight excluding hydrogens is 198 g/mol. The van der Waals surface area contributed by atoms with Crippen molar-refractivity contribution in [1.29, 1.82) is 0 Å². The summed E-state index contributed by atoms with van der Waals surface area (Å²) in [4.78, 5) is 0. The molecule has 0 aromatic rings. The molecule has 0 atom stereocenters. The topological polar surface area (TPSA) is 26.0 Å². The third kappa shape index (κ3) is 22.6. The van der Waals surface area contributed by atoms with Crippen LogP contribution in [0, 0.1) is 0 Å². The minimum Gasteiger partial charge on any atom is -0.330 e. The van der Waals surface area contributed by atoms with E-state index >= 15 is 0 Å². The number of hydrogen-bond acceptors (Lipinski definition) is 1. The van der Waals surface area contributed by atoms with Crippen molar-refractivity contribution in [1.82, 2.24) is 0 Å². The van der Waals surface area contributed by atoms with E-state index in [4.69, 9.17) is 5.73 Å². The first-order valence-corrected chi connectivity index (χ1v) is 3.12. The van der Waals surface area contributed by atoms with Crippen LogP contribution in [0.5, 0.6) is 0 Å². The highest BCUT2D eigenvalue weighted by atomic mass is 35.5. The van der Waals surface area contributed by atoms with Crippen LogP contribution < -0.4 is 5.73 Å². The highest BCUT2D eigenvalue weighted by Crippen LogP contribution is 2.08. The van der Waals surface area contributed by atoms with E-state index in [1.807, 2.05) is 0 Å². The molecule has 0 fully saturated rings. The summed E-state index contributed by atoms with van der Waals surface area (Å²) in [5.41, 5.74) is 5.14. The predicted molar refractivity (Wildman–Crippen MR) is 42.7 cm³/mol. The summed E-state index contributed by atoms with van der Waals surface area (Å²) in [6.07, 6.45) is -3.43. The lowest BCUT2D eigenvalue weighted by Crippen LogP contribution is -1.95. The predicted octanol–water partition coefficient (Wildman–Crippen LogP) is 3.16. The quantitative estimate of drug-likeness (QED) is 0.695. The van der Waals surface area contributed by atoms with Gasteiger partial charge in [0.15, 0.2) is 0 Å². The highest BCUT2D eigenvalue weighted by Gasteiger charge is 1.98. The van der Waals surface area contributed by atoms with Crippen LogP contribution in [0.2, 0.25) is 0 Å². The van der Waals surface area contributed by atoms with Crippen molar-refractivity contribution in [3.8, 4) is 0 Å². The molecule has 2 N–H and O–H groups in total. The first-order chi connectivity index (χ1) is 5.06. The van der Waals surface area contributed by atoms with Crippen LogP contribution in [0.25, 0.3) is 0 Å². The van der Waals surface area contributed by atoms with Crippen molar-refractivity contribution in [2.75, 3.05) is 6.54 Å². The third-order valence-corrected chi connectivity index (χ3v) is 0.701. The summed E-state index contributed by atoms with van der Waals surface area (Å²) >= 11 is 0. The van der Waals surface area contributed by atoms with Gasteiger partial charge in [0.2, 0.25) is 0 Å². The van der Waals surface area contributed by atoms with Crippen molar-refractivity contribution in [2.45, 2.75) is 19.8 Å². The molecule has 0 unspecified atom stereocenters. The molecule has 1 nitrogen and oxygen atoms in total. The Labute approximate surface area is 75.0 Å². The Bertz CT molecular complexity index is 98.1. The number of unbranched alkanes of at least 4 members (excludes halogenated alkanes) is 1. The van der Waals surface area contributed by atoms with Crippen LogP contribution >= 0.6 is 12.4 Å². The van der Waals surface area contributed by atoms with Crippen molar-refractivity contribution in [3.63, 3.8) is 0 Å². The van der Waals surface area contributed by atoms with Gasteiger partial charge in [-0.2, -0.15) is 17.6 Å². The molecule has 0 radical (unpaired) electrons. The summed E-state index contributed by atoms with van der Waals surface area (Å²) in [5, 5.41) is 0. The molecule has 0 spiro atoms. The van der Waals surface area contributed by atoms with Gasteiger partial charge in [0, 0.05) is 0 Å². The normalized spacial score (nSPS) is 7.50. The van der Waals surface area contributed by atoms with Gasteiger partial charge >= 0.3 is 12.2 Å². The second kappa shape index (κ2) is 13.3. The molecule has 0 aromatic carbocycles. The first kappa shape index (κ1) is 17.7. The summed E-state index contributed by atoms with van der Waals surface area (Å²) in [6.45, 7) is 2.98. The largest absolute Gasteiger partial charge is 0.334 e. The van der Waals surface area contributed by atoms with Gasteiger partial charge < -0.3 is 5.73 Å². The Balaban J connectivity index is -0.000000126. The maximum Gasteiger partial charge on any atom is 0.334 e. The second-order valence-electron chi connectivity index (χ2n) is 1.66. The molecule has 0 aliphatic carbocycles. The standard InChI is InChI=1S/C4H11N.C2F4.ClH/c1-2-3-4-5;3-1(4)2(5)6;/h2-5H2,1H3;;1H. The lowest BCUT2D eigenvalue weighted by Gasteiger charge is -1.80. The van der Waals surface area contributed by atoms with Crippen LogP contribution in [0.4, 0.5) is 17.6 Å². The third-order valence-electron chi connectivity index (χ3n) is 0.701. The molecule has 0 aromatic heterocycles. The molecule has 0 heterocycles. The number of nitrogens with two attached hydrogens (primary N) is 1. The minimum atomic E-state index is -2.91. The lowest BCUT2D eigenvalue weighted by atomic mass is 10.3. The van der Waals surface area contributed by atoms with Crippen molar-refractivity contribution < 1.29 is 17.6 Å². The number of rotatable bonds is 2. The van der Waals surface area contributed by atoms with E-state index < -0.39 is 12.2 Å². The van der Waals surface area contributed by atoms with Gasteiger partial charge in [-0.05, 0) is 13.0 Å². The van der Waals surface area contributed by atoms with Gasteiger partial charge in [-0.1, -0.05) is 13.3 Å². The van der Waals surface area contributed by atoms with Gasteiger partial charge in [-0.25, -0.2) is 0 Å². The number of hydrogen-bond donors (Lipinski definition) is 1. The fourth-order valence-electron chi connectivity index (χ4n) is 0.204. The molecular formula is C6H12ClF4N. The average molecular weight is 210 g/mol. The molecule has 76 valence electrons. The molecule has 0 aliphatic heterocycles. The smallest absolute Gasteiger partial charge is 0.330 e. The zero-order chi connectivity index (χ0) is 9.28. The van der Waals surface area contributed by atoms with Crippen LogP contribution in [-0.2, 0) is 0 Å². The summed E-state index contributed by atoms with van der Waals surface area (Å²) in [7, 11) is 0. The zero-order valence-electron chi connectivity index (χ0n) is 6.62. The van der Waals surface area contributed by atoms with Crippen molar-refractivity contribution in [2.24, 2.45) is 5.73 Å². The van der Waals surface area contributed by atoms with Crippen molar-refractivity contribution in [3.05, 3.63) is 12.2 Å². The van der Waals surface area contributed by atoms with E-state index in [0.717, 1.165) is 6.54 Å². The Morgan fingerprint density at radius 2 is 1.42 bits per heavy atom. The highest BCUT2D eigenvalue weighted by molar-refractivity contribution is 5.85. The summed E-state index contributed by atoms with van der Waals surface area (Å²) in [6, 6.07) is 0. The van der Waals surface area contributed by atoms with E-state index in [2.05, 4.69) is 6.92 Å². The summed E-state index contributed by atoms with van der Waals surface area (Å²) in [5.74, 6) is 0. The fraction of sp³-hybridized carbons (Fsp3) is 0.667. The Kier molecular flexibility index (Phi) is 19.6. The van der Waals surface area contributed by atoms with Crippen LogP contribution in [0.1, 0.15) is 19.8 Å². The maximum atomic E-state index is 10.3. The monoisotopic (exact) mass is 209 g/mol. The van der Waals surface area contributed by atoms with Gasteiger partial charge in [0.05, 0.1) is 0 Å². The van der Waals surface area contributed by atoms with Crippen LogP contribution in [-0.4, -0.2) is 6.54 Å². The molecule has 12 heavy (non-hydrogen) atoms. The van der Waals surface area contributed by atoms with E-state index in [1.54, 1.807) is 0 Å². The Morgan fingerprint density at radius 1 is 1.08 bits per heavy atom. The molecule has 0 rings (SSSR count). The van der Waals surface area contributed by atoms with Crippen LogP contribution in [0.15, 0.2) is 12.2 Å². The molecule has 0 saturated heterocycles. The lowest BCUT2D eigenvalue weighted by molar-refractivity contribution is 0.308. The second-order valence-corrected chi connectivity index (χ2v) is 1.66. The van der Waals surface area contributed by atoms with Gasteiger partial charge in [-0.3, -0.25) is 0 Å². The van der Waals surface area contributed by atoms with Gasteiger partial charge in [-0.15, -0.1) is 12.4 Å². The zero-order valence-corrected chi connectivity index (χ0v) is 7.44. The molecule has 6 heteroatoms. The minimum absolute atomic E-state index is 0. The molecule has 0 bridgehead atoms. The fourth-order valence-corrected chi connectivity index (χ4v) is 0.204. The van der Waals surface area contributed by atoms with E-state index in [-0.39, 0.29) is 12.4 Å². The van der Waals surface area contributed by atoms with E-state index in [9.17, 15) is 17.6 Å². The average Bonchev–Trinajstić information content (AvgIpc) is 1.90. The SMILES string of the molecule is CCCCN.Cl.FC(F)=C(F)F. The molecule has 0 amide bonds. The van der Waals surface area contributed by atoms with E-state index in [1.165, 1.54) is 12.8 Å².